The summed E-state index contributed by atoms with van der Waals surface area (Å²) in [7, 11) is 1.66. The van der Waals surface area contributed by atoms with Crippen LogP contribution < -0.4 is 15.0 Å². The summed E-state index contributed by atoms with van der Waals surface area (Å²) in [4.78, 5) is 29.4. The van der Waals surface area contributed by atoms with Crippen LogP contribution in [0.1, 0.15) is 26.7 Å². The van der Waals surface area contributed by atoms with E-state index in [4.69, 9.17) is 4.74 Å². The van der Waals surface area contributed by atoms with Crippen LogP contribution in [-0.4, -0.2) is 56.0 Å². The number of amides is 2. The average molecular weight is 345 g/mol. The molecule has 1 heterocycles. The summed E-state index contributed by atoms with van der Waals surface area (Å²) in [6.07, 6.45) is 1.34. The smallest absolute Gasteiger partial charge is 0.238 e. The maximum atomic E-state index is 12.9. The average Bonchev–Trinajstić information content (AvgIpc) is 3.43. The summed E-state index contributed by atoms with van der Waals surface area (Å²) in [6.45, 7) is 6.71. The largest absolute Gasteiger partial charge is 0.497 e. The topological polar surface area (TPSA) is 61.9 Å². The highest BCUT2D eigenvalue weighted by molar-refractivity contribution is 6.08. The van der Waals surface area contributed by atoms with Crippen molar-refractivity contribution in [2.75, 3.05) is 38.2 Å². The molecule has 6 nitrogen and oxygen atoms in total. The lowest BCUT2D eigenvalue weighted by atomic mass is 10.0. The monoisotopic (exact) mass is 345 g/mol. The molecule has 1 saturated heterocycles. The molecule has 0 atom stereocenters. The standard InChI is InChI=1S/C19H27N3O3/c1-14(2)20-17(23)19(8-9-19)18(24)22-12-10-21(11-13-22)15-4-6-16(25-3)7-5-15/h4-7,14H,8-13H2,1-3H3,(H,20,23). The first-order chi connectivity index (χ1) is 12.0. The van der Waals surface area contributed by atoms with Crippen molar-refractivity contribution < 1.29 is 14.3 Å². The van der Waals surface area contributed by atoms with Gasteiger partial charge in [-0.2, -0.15) is 0 Å². The molecule has 0 spiro atoms. The van der Waals surface area contributed by atoms with E-state index in [9.17, 15) is 9.59 Å². The lowest BCUT2D eigenvalue weighted by Crippen LogP contribution is -2.53. The van der Waals surface area contributed by atoms with Crippen molar-refractivity contribution in [1.29, 1.82) is 0 Å². The number of rotatable bonds is 5. The third-order valence-electron chi connectivity index (χ3n) is 5.02. The molecule has 3 rings (SSSR count). The minimum absolute atomic E-state index is 0.0000286. The Morgan fingerprint density at radius 3 is 2.16 bits per heavy atom. The van der Waals surface area contributed by atoms with Gasteiger partial charge in [0.25, 0.3) is 0 Å². The first-order valence-electron chi connectivity index (χ1n) is 8.95. The third kappa shape index (κ3) is 3.57. The molecule has 2 amide bonds. The number of hydrogen-bond donors (Lipinski definition) is 1. The van der Waals surface area contributed by atoms with E-state index in [2.05, 4.69) is 10.2 Å². The molecule has 2 aliphatic rings. The summed E-state index contributed by atoms with van der Waals surface area (Å²) >= 11 is 0. The molecule has 1 aliphatic carbocycles. The predicted molar refractivity (Wildman–Crippen MR) is 96.7 cm³/mol. The fourth-order valence-corrected chi connectivity index (χ4v) is 3.33. The number of anilines is 1. The zero-order chi connectivity index (χ0) is 18.0. The summed E-state index contributed by atoms with van der Waals surface area (Å²) in [6, 6.07) is 8.03. The second-order valence-electron chi connectivity index (χ2n) is 7.19. The van der Waals surface area contributed by atoms with Crippen LogP contribution in [0.4, 0.5) is 5.69 Å². The summed E-state index contributed by atoms with van der Waals surface area (Å²) in [5, 5.41) is 2.90. The van der Waals surface area contributed by atoms with E-state index in [-0.39, 0.29) is 17.9 Å². The SMILES string of the molecule is COc1ccc(N2CCN(C(=O)C3(C(=O)NC(C)C)CC3)CC2)cc1. The van der Waals surface area contributed by atoms with Gasteiger partial charge < -0.3 is 19.9 Å². The highest BCUT2D eigenvalue weighted by Gasteiger charge is 2.58. The number of carbonyl (C=O) groups excluding carboxylic acids is 2. The lowest BCUT2D eigenvalue weighted by Gasteiger charge is -2.37. The van der Waals surface area contributed by atoms with Crippen LogP contribution in [0.15, 0.2) is 24.3 Å². The van der Waals surface area contributed by atoms with E-state index in [1.807, 2.05) is 43.0 Å². The molecule has 2 fully saturated rings. The molecule has 0 aromatic heterocycles. The van der Waals surface area contributed by atoms with Gasteiger partial charge in [0.05, 0.1) is 7.11 Å². The van der Waals surface area contributed by atoms with Crippen molar-refractivity contribution in [3.63, 3.8) is 0 Å². The molecular weight excluding hydrogens is 318 g/mol. The normalized spacial score (nSPS) is 18.9. The summed E-state index contributed by atoms with van der Waals surface area (Å²) in [5.74, 6) is 0.731. The number of carbonyl (C=O) groups is 2. The third-order valence-corrected chi connectivity index (χ3v) is 5.02. The number of methoxy groups -OCH3 is 1. The van der Waals surface area contributed by atoms with E-state index in [0.717, 1.165) is 24.5 Å². The number of nitrogens with zero attached hydrogens (tertiary/aromatic N) is 2. The Kier molecular flexibility index (Phi) is 4.88. The van der Waals surface area contributed by atoms with Gasteiger partial charge in [0, 0.05) is 37.9 Å². The van der Waals surface area contributed by atoms with Crippen LogP contribution in [0.3, 0.4) is 0 Å². The van der Waals surface area contributed by atoms with Crippen molar-refractivity contribution in [3.8, 4) is 5.75 Å². The Balaban J connectivity index is 1.58. The quantitative estimate of drug-likeness (QED) is 0.825. The summed E-state index contributed by atoms with van der Waals surface area (Å²) in [5.41, 5.74) is 0.332. The van der Waals surface area contributed by atoms with Gasteiger partial charge in [-0.1, -0.05) is 0 Å². The van der Waals surface area contributed by atoms with Crippen LogP contribution >= 0.6 is 0 Å². The van der Waals surface area contributed by atoms with Gasteiger partial charge in [0.1, 0.15) is 11.2 Å². The van der Waals surface area contributed by atoms with Crippen molar-refractivity contribution in [2.45, 2.75) is 32.7 Å². The fourth-order valence-electron chi connectivity index (χ4n) is 3.33. The number of nitrogens with one attached hydrogen (secondary N) is 1. The minimum atomic E-state index is -0.799. The molecular formula is C19H27N3O3. The van der Waals surface area contributed by atoms with Crippen LogP contribution in [0.5, 0.6) is 5.75 Å². The Hall–Kier alpha value is -2.24. The molecule has 1 aromatic carbocycles. The zero-order valence-electron chi connectivity index (χ0n) is 15.2. The zero-order valence-corrected chi connectivity index (χ0v) is 15.2. The first-order valence-corrected chi connectivity index (χ1v) is 8.95. The lowest BCUT2D eigenvalue weighted by molar-refractivity contribution is -0.144. The van der Waals surface area contributed by atoms with E-state index < -0.39 is 5.41 Å². The van der Waals surface area contributed by atoms with Crippen LogP contribution in [-0.2, 0) is 9.59 Å². The molecule has 136 valence electrons. The second kappa shape index (κ2) is 6.94. The van der Waals surface area contributed by atoms with E-state index in [0.29, 0.717) is 25.9 Å². The Morgan fingerprint density at radius 2 is 1.68 bits per heavy atom. The molecule has 1 aromatic rings. The van der Waals surface area contributed by atoms with Gasteiger partial charge in [0.2, 0.25) is 11.8 Å². The maximum absolute atomic E-state index is 12.9. The molecule has 1 N–H and O–H groups in total. The fraction of sp³-hybridized carbons (Fsp3) is 0.579. The van der Waals surface area contributed by atoms with E-state index in [1.54, 1.807) is 7.11 Å². The number of benzene rings is 1. The Morgan fingerprint density at radius 1 is 1.08 bits per heavy atom. The van der Waals surface area contributed by atoms with Gasteiger partial charge in [0.15, 0.2) is 0 Å². The molecule has 1 saturated carbocycles. The molecule has 0 radical (unpaired) electrons. The van der Waals surface area contributed by atoms with E-state index >= 15 is 0 Å². The van der Waals surface area contributed by atoms with Gasteiger partial charge >= 0.3 is 0 Å². The number of piperazine rings is 1. The highest BCUT2D eigenvalue weighted by atomic mass is 16.5. The van der Waals surface area contributed by atoms with Crippen molar-refractivity contribution in [2.24, 2.45) is 5.41 Å². The van der Waals surface area contributed by atoms with Gasteiger partial charge in [-0.25, -0.2) is 0 Å². The highest BCUT2D eigenvalue weighted by Crippen LogP contribution is 2.47. The number of hydrogen-bond acceptors (Lipinski definition) is 4. The van der Waals surface area contributed by atoms with Gasteiger partial charge in [-0.05, 0) is 51.0 Å². The predicted octanol–water partition coefficient (Wildman–Crippen LogP) is 1.65. The number of ether oxygens (including phenoxy) is 1. The van der Waals surface area contributed by atoms with Crippen molar-refractivity contribution >= 4 is 17.5 Å². The van der Waals surface area contributed by atoms with E-state index in [1.165, 1.54) is 0 Å². The van der Waals surface area contributed by atoms with Crippen LogP contribution in [0, 0.1) is 5.41 Å². The minimum Gasteiger partial charge on any atom is -0.497 e. The molecule has 0 bridgehead atoms. The van der Waals surface area contributed by atoms with Crippen molar-refractivity contribution in [1.82, 2.24) is 10.2 Å². The molecule has 0 unspecified atom stereocenters. The van der Waals surface area contributed by atoms with Gasteiger partial charge in [-0.15, -0.1) is 0 Å². The summed E-state index contributed by atoms with van der Waals surface area (Å²) < 4.78 is 5.19. The Bertz CT molecular complexity index is 630. The molecule has 25 heavy (non-hydrogen) atoms. The van der Waals surface area contributed by atoms with Crippen molar-refractivity contribution in [3.05, 3.63) is 24.3 Å². The molecule has 6 heteroatoms. The Labute approximate surface area is 149 Å². The van der Waals surface area contributed by atoms with Crippen LogP contribution in [0.25, 0.3) is 0 Å². The van der Waals surface area contributed by atoms with Gasteiger partial charge in [-0.3, -0.25) is 9.59 Å². The van der Waals surface area contributed by atoms with Crippen LogP contribution in [0.2, 0.25) is 0 Å². The first kappa shape index (κ1) is 17.6. The molecule has 1 aliphatic heterocycles. The maximum Gasteiger partial charge on any atom is 0.238 e. The second-order valence-corrected chi connectivity index (χ2v) is 7.19.